The molecule has 2 N–H and O–H groups in total. The van der Waals surface area contributed by atoms with Crippen molar-refractivity contribution in [1.82, 2.24) is 0 Å². The second-order valence-electron chi connectivity index (χ2n) is 5.73. The molecule has 1 atom stereocenters. The van der Waals surface area contributed by atoms with Crippen molar-refractivity contribution in [3.05, 3.63) is 0 Å². The molecular formula is C10H24O3Si2. The van der Waals surface area contributed by atoms with Crippen molar-refractivity contribution in [2.75, 3.05) is 6.61 Å². The molecule has 1 saturated heterocycles. The molecule has 0 amide bonds. The minimum Gasteiger partial charge on any atom is -0.428 e. The number of aliphatic hydroxyl groups excluding tert-OH is 1. The van der Waals surface area contributed by atoms with Gasteiger partial charge in [-0.3, -0.25) is 0 Å². The highest BCUT2D eigenvalue weighted by atomic mass is 29.2. The van der Waals surface area contributed by atoms with E-state index in [1.165, 1.54) is 12.5 Å². The molecule has 0 aromatic heterocycles. The van der Waals surface area contributed by atoms with Gasteiger partial charge in [0.15, 0.2) is 6.29 Å². The van der Waals surface area contributed by atoms with Crippen LogP contribution in [0.5, 0.6) is 0 Å². The van der Waals surface area contributed by atoms with Crippen LogP contribution in [0.25, 0.3) is 0 Å². The van der Waals surface area contributed by atoms with Gasteiger partial charge in [0.1, 0.15) is 9.28 Å². The Bertz CT molecular complexity index is 211. The van der Waals surface area contributed by atoms with E-state index in [4.69, 9.17) is 4.43 Å². The van der Waals surface area contributed by atoms with E-state index in [2.05, 4.69) is 13.8 Å². The molecule has 90 valence electrons. The minimum absolute atomic E-state index is 0.0633. The fraction of sp³-hybridized carbons (Fsp3) is 1.00. The highest BCUT2D eigenvalue weighted by Gasteiger charge is 2.48. The molecule has 3 nitrogen and oxygen atoms in total. The Morgan fingerprint density at radius 1 is 1.27 bits per heavy atom. The first-order chi connectivity index (χ1) is 6.80. The van der Waals surface area contributed by atoms with E-state index in [1.54, 1.807) is 0 Å². The van der Waals surface area contributed by atoms with Crippen LogP contribution < -0.4 is 0 Å². The zero-order chi connectivity index (χ0) is 11.7. The number of aliphatic hydroxyl groups is 2. The Labute approximate surface area is 96.2 Å². The maximum absolute atomic E-state index is 9.50. The molecule has 0 radical (unpaired) electrons. The monoisotopic (exact) mass is 248 g/mol. The van der Waals surface area contributed by atoms with Gasteiger partial charge in [0.05, 0.1) is 8.31 Å². The van der Waals surface area contributed by atoms with Gasteiger partial charge in [0.25, 0.3) is 0 Å². The van der Waals surface area contributed by atoms with Crippen LogP contribution in [0.15, 0.2) is 0 Å². The summed E-state index contributed by atoms with van der Waals surface area (Å²) in [6, 6.07) is 1.31. The molecule has 0 spiro atoms. The third kappa shape index (κ3) is 2.53. The van der Waals surface area contributed by atoms with Gasteiger partial charge in [-0.15, -0.1) is 0 Å². The number of hydrogen-bond acceptors (Lipinski definition) is 3. The zero-order valence-corrected chi connectivity index (χ0v) is 12.9. The van der Waals surface area contributed by atoms with Crippen LogP contribution in [-0.2, 0) is 4.43 Å². The summed E-state index contributed by atoms with van der Waals surface area (Å²) in [5.41, 5.74) is -0.419. The first-order valence-electron chi connectivity index (χ1n) is 5.74. The standard InChI is InChI=1S/C10H24O3Si2/c1-9(2,8(11)12)10(3,4)15-7-5-6-13-14-15/h8,11-12,15H,5-7,14H2,1-4H3. The first-order valence-corrected chi connectivity index (χ1v) is 11.0. The fourth-order valence-electron chi connectivity index (χ4n) is 2.17. The molecule has 1 heterocycles. The third-order valence-corrected chi connectivity index (χ3v) is 15.5. The van der Waals surface area contributed by atoms with E-state index in [9.17, 15) is 10.2 Å². The van der Waals surface area contributed by atoms with Crippen LogP contribution in [0.1, 0.15) is 34.1 Å². The maximum atomic E-state index is 9.50. The lowest BCUT2D eigenvalue weighted by Gasteiger charge is -2.48. The molecule has 0 saturated carbocycles. The highest BCUT2D eigenvalue weighted by molar-refractivity contribution is 7.11. The Morgan fingerprint density at radius 2 is 1.87 bits per heavy atom. The molecule has 1 rings (SSSR count). The summed E-state index contributed by atoms with van der Waals surface area (Å²) in [5, 5.41) is 19.1. The van der Waals surface area contributed by atoms with Gasteiger partial charge >= 0.3 is 0 Å². The summed E-state index contributed by atoms with van der Waals surface area (Å²) in [5.74, 6) is 0. The van der Waals surface area contributed by atoms with Gasteiger partial charge in [0, 0.05) is 12.0 Å². The SMILES string of the molecule is CC(C)(C(O)O)C(C)(C)[SiH]1CCCO[SiH2]1. The van der Waals surface area contributed by atoms with Crippen LogP contribution in [0, 0.1) is 5.41 Å². The second kappa shape index (κ2) is 4.67. The summed E-state index contributed by atoms with van der Waals surface area (Å²) in [6.07, 6.45) is -0.0544. The van der Waals surface area contributed by atoms with Crippen molar-refractivity contribution in [2.45, 2.75) is 51.5 Å². The molecule has 1 unspecified atom stereocenters. The molecule has 1 aliphatic heterocycles. The van der Waals surface area contributed by atoms with Crippen molar-refractivity contribution in [2.24, 2.45) is 5.41 Å². The summed E-state index contributed by atoms with van der Waals surface area (Å²) in [4.78, 5) is 0. The van der Waals surface area contributed by atoms with Gasteiger partial charge < -0.3 is 14.6 Å². The van der Waals surface area contributed by atoms with E-state index in [0.717, 1.165) is 6.61 Å². The molecule has 0 bridgehead atoms. The van der Waals surface area contributed by atoms with Gasteiger partial charge in [-0.25, -0.2) is 0 Å². The lowest BCUT2D eigenvalue weighted by atomic mass is 9.79. The van der Waals surface area contributed by atoms with Crippen molar-refractivity contribution in [3.63, 3.8) is 0 Å². The lowest BCUT2D eigenvalue weighted by molar-refractivity contribution is -0.134. The largest absolute Gasteiger partial charge is 0.428 e. The molecule has 1 aliphatic rings. The Kier molecular flexibility index (Phi) is 4.16. The van der Waals surface area contributed by atoms with Crippen LogP contribution in [0.4, 0.5) is 0 Å². The summed E-state index contributed by atoms with van der Waals surface area (Å²) in [6.45, 7) is 9.27. The smallest absolute Gasteiger partial charge is 0.156 e. The minimum atomic E-state index is -1.23. The summed E-state index contributed by atoms with van der Waals surface area (Å²) >= 11 is 0. The molecule has 0 aromatic carbocycles. The van der Waals surface area contributed by atoms with Crippen LogP contribution in [0.2, 0.25) is 11.1 Å². The molecule has 5 heteroatoms. The lowest BCUT2D eigenvalue weighted by Crippen LogP contribution is -2.50. The van der Waals surface area contributed by atoms with E-state index in [0.29, 0.717) is 0 Å². The second-order valence-corrected chi connectivity index (χ2v) is 13.8. The van der Waals surface area contributed by atoms with Gasteiger partial charge in [0.2, 0.25) is 0 Å². The quantitative estimate of drug-likeness (QED) is 0.559. The van der Waals surface area contributed by atoms with Gasteiger partial charge in [-0.2, -0.15) is 0 Å². The summed E-state index contributed by atoms with van der Waals surface area (Å²) < 4.78 is 5.68. The molecule has 15 heavy (non-hydrogen) atoms. The number of hydrogen-bond donors (Lipinski definition) is 2. The fourth-order valence-corrected chi connectivity index (χ4v) is 11.5. The predicted molar refractivity (Wildman–Crippen MR) is 67.1 cm³/mol. The number of rotatable bonds is 3. The van der Waals surface area contributed by atoms with Gasteiger partial charge in [-0.1, -0.05) is 33.7 Å². The van der Waals surface area contributed by atoms with Crippen LogP contribution in [-0.4, -0.2) is 40.7 Å². The highest BCUT2D eigenvalue weighted by Crippen LogP contribution is 2.50. The average molecular weight is 248 g/mol. The molecular weight excluding hydrogens is 224 g/mol. The van der Waals surface area contributed by atoms with E-state index in [1.807, 2.05) is 13.8 Å². The van der Waals surface area contributed by atoms with Crippen molar-refractivity contribution >= 4 is 17.6 Å². The van der Waals surface area contributed by atoms with Crippen LogP contribution in [0.3, 0.4) is 0 Å². The first kappa shape index (κ1) is 13.4. The third-order valence-electron chi connectivity index (χ3n) is 4.49. The van der Waals surface area contributed by atoms with Crippen molar-refractivity contribution < 1.29 is 14.6 Å². The van der Waals surface area contributed by atoms with E-state index < -0.39 is 20.0 Å². The maximum Gasteiger partial charge on any atom is 0.156 e. The molecule has 0 aliphatic carbocycles. The molecule has 1 fully saturated rings. The van der Waals surface area contributed by atoms with Crippen LogP contribution >= 0.6 is 0 Å². The van der Waals surface area contributed by atoms with Gasteiger partial charge in [-0.05, 0) is 11.5 Å². The van der Waals surface area contributed by atoms with Crippen molar-refractivity contribution in [3.8, 4) is 0 Å². The Hall–Kier alpha value is 0.314. The average Bonchev–Trinajstić information content (AvgIpc) is 2.18. The Morgan fingerprint density at radius 3 is 2.27 bits per heavy atom. The zero-order valence-electron chi connectivity index (χ0n) is 10.3. The van der Waals surface area contributed by atoms with Crippen molar-refractivity contribution in [1.29, 1.82) is 0 Å². The predicted octanol–water partition coefficient (Wildman–Crippen LogP) is 0.331. The van der Waals surface area contributed by atoms with E-state index >= 15 is 0 Å². The Balaban J connectivity index is 2.79. The normalized spacial score (nSPS) is 26.2. The van der Waals surface area contributed by atoms with E-state index in [-0.39, 0.29) is 14.3 Å². The summed E-state index contributed by atoms with van der Waals surface area (Å²) in [7, 11) is -1.30. The molecule has 0 aromatic rings. The topological polar surface area (TPSA) is 49.7 Å².